The number of benzene rings is 2. The second-order valence-electron chi connectivity index (χ2n) is 7.59. The lowest BCUT2D eigenvalue weighted by atomic mass is 9.86. The van der Waals surface area contributed by atoms with Crippen LogP contribution in [0.1, 0.15) is 29.3 Å². The molecule has 4 rings (SSSR count). The zero-order valence-electron chi connectivity index (χ0n) is 17.4. The van der Waals surface area contributed by atoms with Crippen molar-refractivity contribution >= 4 is 17.5 Å². The molecular weight excluding hydrogens is 397 g/mol. The monoisotopic (exact) mass is 419 g/mol. The molecule has 2 amide bonds. The normalized spacial score (nSPS) is 15.9. The van der Waals surface area contributed by atoms with Crippen LogP contribution in [0.15, 0.2) is 54.2 Å². The van der Waals surface area contributed by atoms with E-state index in [0.29, 0.717) is 22.6 Å². The van der Waals surface area contributed by atoms with Crippen molar-refractivity contribution in [2.45, 2.75) is 26.2 Å². The van der Waals surface area contributed by atoms with Gasteiger partial charge >= 0.3 is 0 Å². The number of carbonyl (C=O) groups excluding carboxylic acids is 2. The Kier molecular flexibility index (Phi) is 5.37. The fourth-order valence-corrected chi connectivity index (χ4v) is 3.58. The van der Waals surface area contributed by atoms with Crippen LogP contribution in [0, 0.1) is 19.7 Å². The van der Waals surface area contributed by atoms with Crippen LogP contribution in [0.5, 0.6) is 0 Å². The lowest BCUT2D eigenvalue weighted by molar-refractivity contribution is -0.121. The van der Waals surface area contributed by atoms with E-state index in [1.807, 2.05) is 43.7 Å². The van der Waals surface area contributed by atoms with Gasteiger partial charge in [0.05, 0.1) is 0 Å². The molecule has 7 nitrogen and oxygen atoms in total. The first-order valence-electron chi connectivity index (χ1n) is 9.86. The highest BCUT2D eigenvalue weighted by Crippen LogP contribution is 2.32. The molecule has 0 spiro atoms. The minimum atomic E-state index is -0.459. The van der Waals surface area contributed by atoms with Gasteiger partial charge < -0.3 is 15.2 Å². The number of nitrogens with one attached hydrogen (secondary N) is 2. The number of carbonyl (C=O) groups is 2. The highest BCUT2D eigenvalue weighted by atomic mass is 19.1. The largest absolute Gasteiger partial charge is 0.332 e. The Morgan fingerprint density at radius 1 is 1.16 bits per heavy atom. The first-order chi connectivity index (χ1) is 14.8. The third kappa shape index (κ3) is 4.09. The van der Waals surface area contributed by atoms with Crippen LogP contribution in [-0.4, -0.2) is 26.6 Å². The SMILES string of the molecule is Cc1ccc(-c2nnc(C)n2C)cc1NC(=O)C1=CNC(=O)C[C@H]1c1ccc(F)cc1. The zero-order chi connectivity index (χ0) is 22.1. The second kappa shape index (κ2) is 8.14. The molecule has 8 heteroatoms. The fraction of sp³-hybridized carbons (Fsp3) is 0.217. The van der Waals surface area contributed by atoms with Crippen LogP contribution in [-0.2, 0) is 16.6 Å². The minimum absolute atomic E-state index is 0.113. The van der Waals surface area contributed by atoms with Crippen molar-refractivity contribution in [1.82, 2.24) is 20.1 Å². The molecule has 0 saturated carbocycles. The third-order valence-corrected chi connectivity index (χ3v) is 5.52. The fourth-order valence-electron chi connectivity index (χ4n) is 3.58. The van der Waals surface area contributed by atoms with Gasteiger partial charge in [0.25, 0.3) is 5.91 Å². The summed E-state index contributed by atoms with van der Waals surface area (Å²) in [6.45, 7) is 3.77. The zero-order valence-corrected chi connectivity index (χ0v) is 17.4. The summed E-state index contributed by atoms with van der Waals surface area (Å²) >= 11 is 0. The quantitative estimate of drug-likeness (QED) is 0.679. The van der Waals surface area contributed by atoms with E-state index in [-0.39, 0.29) is 24.1 Å². The molecule has 1 atom stereocenters. The van der Waals surface area contributed by atoms with E-state index in [2.05, 4.69) is 20.8 Å². The molecule has 2 heterocycles. The Morgan fingerprint density at radius 3 is 2.58 bits per heavy atom. The molecule has 1 aliphatic heterocycles. The van der Waals surface area contributed by atoms with Gasteiger partial charge in [0.1, 0.15) is 11.6 Å². The number of hydrogen-bond acceptors (Lipinski definition) is 4. The molecular formula is C23H22FN5O2. The first kappa shape index (κ1) is 20.5. The summed E-state index contributed by atoms with van der Waals surface area (Å²) in [7, 11) is 1.88. The average Bonchev–Trinajstić information content (AvgIpc) is 3.08. The number of nitrogens with zero attached hydrogens (tertiary/aromatic N) is 3. The Bertz CT molecular complexity index is 1200. The smallest absolute Gasteiger partial charge is 0.253 e. The van der Waals surface area contributed by atoms with Crippen molar-refractivity contribution in [3.05, 3.63) is 77.0 Å². The van der Waals surface area contributed by atoms with Crippen LogP contribution in [0.2, 0.25) is 0 Å². The topological polar surface area (TPSA) is 88.9 Å². The van der Waals surface area contributed by atoms with Crippen LogP contribution >= 0.6 is 0 Å². The molecule has 2 aromatic carbocycles. The van der Waals surface area contributed by atoms with E-state index in [4.69, 9.17) is 0 Å². The predicted octanol–water partition coefficient (Wildman–Crippen LogP) is 3.36. The van der Waals surface area contributed by atoms with Gasteiger partial charge in [0.2, 0.25) is 5.91 Å². The number of aromatic nitrogens is 3. The Labute approximate surface area is 179 Å². The molecule has 1 aliphatic rings. The van der Waals surface area contributed by atoms with Crippen molar-refractivity contribution in [2.24, 2.45) is 7.05 Å². The number of hydrogen-bond donors (Lipinski definition) is 2. The molecule has 158 valence electrons. The highest BCUT2D eigenvalue weighted by Gasteiger charge is 2.29. The number of rotatable bonds is 4. The van der Waals surface area contributed by atoms with E-state index >= 15 is 0 Å². The van der Waals surface area contributed by atoms with E-state index in [0.717, 1.165) is 17.0 Å². The van der Waals surface area contributed by atoms with Gasteiger partial charge in [-0.2, -0.15) is 0 Å². The van der Waals surface area contributed by atoms with Gasteiger partial charge in [-0.15, -0.1) is 10.2 Å². The number of anilines is 1. The standard InChI is InChI=1S/C23H22FN5O2/c1-13-4-5-16(22-28-27-14(2)29(22)3)10-20(13)26-23(31)19-12-25-21(30)11-18(19)15-6-8-17(24)9-7-15/h4-10,12,18H,11H2,1-3H3,(H,25,30)(H,26,31)/t18-/m0/s1. The molecule has 0 fully saturated rings. The lowest BCUT2D eigenvalue weighted by Crippen LogP contribution is -2.32. The summed E-state index contributed by atoms with van der Waals surface area (Å²) in [6, 6.07) is 11.5. The maximum Gasteiger partial charge on any atom is 0.253 e. The molecule has 31 heavy (non-hydrogen) atoms. The molecule has 0 unspecified atom stereocenters. The summed E-state index contributed by atoms with van der Waals surface area (Å²) < 4.78 is 15.2. The van der Waals surface area contributed by atoms with E-state index < -0.39 is 5.92 Å². The molecule has 2 N–H and O–H groups in total. The lowest BCUT2D eigenvalue weighted by Gasteiger charge is -2.24. The van der Waals surface area contributed by atoms with Crippen molar-refractivity contribution in [2.75, 3.05) is 5.32 Å². The van der Waals surface area contributed by atoms with Gasteiger partial charge in [0, 0.05) is 42.4 Å². The van der Waals surface area contributed by atoms with E-state index in [1.54, 1.807) is 12.1 Å². The van der Waals surface area contributed by atoms with Gasteiger partial charge in [0.15, 0.2) is 5.82 Å². The molecule has 3 aromatic rings. The summed E-state index contributed by atoms with van der Waals surface area (Å²) in [6.07, 6.45) is 1.54. The van der Waals surface area contributed by atoms with Crippen LogP contribution in [0.4, 0.5) is 10.1 Å². The maximum absolute atomic E-state index is 13.3. The molecule has 0 aliphatic carbocycles. The maximum atomic E-state index is 13.3. The van der Waals surface area contributed by atoms with Crippen molar-refractivity contribution in [3.8, 4) is 11.4 Å². The van der Waals surface area contributed by atoms with E-state index in [1.165, 1.54) is 18.3 Å². The van der Waals surface area contributed by atoms with Crippen LogP contribution < -0.4 is 10.6 Å². The molecule has 1 aromatic heterocycles. The second-order valence-corrected chi connectivity index (χ2v) is 7.59. The third-order valence-electron chi connectivity index (χ3n) is 5.52. The van der Waals surface area contributed by atoms with Gasteiger partial charge in [-0.1, -0.05) is 24.3 Å². The van der Waals surface area contributed by atoms with Gasteiger partial charge in [-0.3, -0.25) is 9.59 Å². The average molecular weight is 419 g/mol. The van der Waals surface area contributed by atoms with Crippen molar-refractivity contribution in [3.63, 3.8) is 0 Å². The van der Waals surface area contributed by atoms with Crippen LogP contribution in [0.25, 0.3) is 11.4 Å². The summed E-state index contributed by atoms with van der Waals surface area (Å²) in [5.74, 6) is 0.128. The van der Waals surface area contributed by atoms with E-state index in [9.17, 15) is 14.0 Å². The number of amides is 2. The molecule has 0 bridgehead atoms. The molecule has 0 saturated heterocycles. The number of aryl methyl sites for hydroxylation is 2. The predicted molar refractivity (Wildman–Crippen MR) is 115 cm³/mol. The van der Waals surface area contributed by atoms with Crippen molar-refractivity contribution < 1.29 is 14.0 Å². The summed E-state index contributed by atoms with van der Waals surface area (Å²) in [4.78, 5) is 25.1. The van der Waals surface area contributed by atoms with Gasteiger partial charge in [-0.05, 0) is 43.2 Å². The summed E-state index contributed by atoms with van der Waals surface area (Å²) in [5.41, 5.74) is 3.46. The Balaban J connectivity index is 1.63. The first-order valence-corrected chi connectivity index (χ1v) is 9.86. The summed E-state index contributed by atoms with van der Waals surface area (Å²) in [5, 5.41) is 13.9. The Morgan fingerprint density at radius 2 is 1.90 bits per heavy atom. The van der Waals surface area contributed by atoms with Crippen LogP contribution in [0.3, 0.4) is 0 Å². The van der Waals surface area contributed by atoms with Crippen molar-refractivity contribution in [1.29, 1.82) is 0 Å². The molecule has 0 radical (unpaired) electrons. The Hall–Kier alpha value is -3.81. The minimum Gasteiger partial charge on any atom is -0.332 e. The van der Waals surface area contributed by atoms with Gasteiger partial charge in [-0.25, -0.2) is 4.39 Å². The number of halogens is 1. The highest BCUT2D eigenvalue weighted by molar-refractivity contribution is 6.07.